The zero-order valence-electron chi connectivity index (χ0n) is 24.8. The molecule has 2 amide bonds. The summed E-state index contributed by atoms with van der Waals surface area (Å²) < 4.78 is 39.8. The largest absolute Gasteiger partial charge is 0.493 e. The topological polar surface area (TPSA) is 105 Å². The number of nitrogens with one attached hydrogen (secondary N) is 1. The van der Waals surface area contributed by atoms with Gasteiger partial charge in [0.1, 0.15) is 12.6 Å². The van der Waals surface area contributed by atoms with Gasteiger partial charge in [-0.15, -0.1) is 0 Å². The summed E-state index contributed by atoms with van der Waals surface area (Å²) in [5.41, 5.74) is 0.263. The van der Waals surface area contributed by atoms with Gasteiger partial charge < -0.3 is 19.7 Å². The van der Waals surface area contributed by atoms with E-state index in [9.17, 15) is 18.0 Å². The summed E-state index contributed by atoms with van der Waals surface area (Å²) in [5, 5.41) is 3.37. The predicted molar refractivity (Wildman–Crippen MR) is 164 cm³/mol. The highest BCUT2D eigenvalue weighted by Crippen LogP contribution is 2.34. The average Bonchev–Trinajstić information content (AvgIpc) is 2.95. The number of anilines is 1. The number of ether oxygens (including phenoxy) is 2. The molecule has 0 heterocycles. The first-order chi connectivity index (χ1) is 19.8. The maximum Gasteiger partial charge on any atom is 0.264 e. The quantitative estimate of drug-likeness (QED) is 0.297. The van der Waals surface area contributed by atoms with Crippen molar-refractivity contribution in [1.29, 1.82) is 0 Å². The molecule has 9 nitrogen and oxygen atoms in total. The fraction of sp³-hybridized carbons (Fsp3) is 0.355. The lowest BCUT2D eigenvalue weighted by molar-refractivity contribution is -0.141. The van der Waals surface area contributed by atoms with Gasteiger partial charge in [-0.25, -0.2) is 8.42 Å². The maximum absolute atomic E-state index is 14.2. The van der Waals surface area contributed by atoms with Crippen molar-refractivity contribution in [3.05, 3.63) is 83.4 Å². The molecule has 1 unspecified atom stereocenters. The fourth-order valence-electron chi connectivity index (χ4n) is 4.41. The van der Waals surface area contributed by atoms with Crippen LogP contribution in [0.2, 0.25) is 5.02 Å². The number of carbonyl (C=O) groups is 2. The van der Waals surface area contributed by atoms with E-state index in [1.54, 1.807) is 55.5 Å². The van der Waals surface area contributed by atoms with Crippen LogP contribution in [-0.2, 0) is 26.2 Å². The predicted octanol–water partition coefficient (Wildman–Crippen LogP) is 5.27. The van der Waals surface area contributed by atoms with Crippen LogP contribution in [0.5, 0.6) is 11.5 Å². The van der Waals surface area contributed by atoms with Crippen molar-refractivity contribution in [2.75, 3.05) is 25.1 Å². The summed E-state index contributed by atoms with van der Waals surface area (Å²) >= 11 is 6.45. The molecule has 1 atom stereocenters. The van der Waals surface area contributed by atoms with E-state index in [0.717, 1.165) is 4.31 Å². The Labute approximate surface area is 253 Å². The van der Waals surface area contributed by atoms with Crippen molar-refractivity contribution >= 4 is 39.1 Å². The molecule has 11 heteroatoms. The minimum atomic E-state index is -4.23. The number of carbonyl (C=O) groups excluding carboxylic acids is 2. The zero-order valence-corrected chi connectivity index (χ0v) is 26.3. The molecule has 0 bridgehead atoms. The molecule has 3 aromatic carbocycles. The lowest BCUT2D eigenvalue weighted by Gasteiger charge is -2.35. The summed E-state index contributed by atoms with van der Waals surface area (Å²) in [6.45, 7) is 6.76. The molecule has 0 spiro atoms. The molecule has 1 N–H and O–H groups in total. The van der Waals surface area contributed by atoms with Crippen LogP contribution in [0.25, 0.3) is 0 Å². The zero-order chi connectivity index (χ0) is 31.1. The van der Waals surface area contributed by atoms with Gasteiger partial charge in [0.15, 0.2) is 11.5 Å². The molecule has 0 fully saturated rings. The first-order valence-corrected chi connectivity index (χ1v) is 15.3. The number of nitrogens with zero attached hydrogens (tertiary/aromatic N) is 2. The Morgan fingerprint density at radius 1 is 0.929 bits per heavy atom. The number of halogens is 1. The van der Waals surface area contributed by atoms with Crippen LogP contribution in [0.4, 0.5) is 5.69 Å². The Morgan fingerprint density at radius 3 is 2.12 bits per heavy atom. The third-order valence-corrected chi connectivity index (χ3v) is 8.60. The van der Waals surface area contributed by atoms with Crippen molar-refractivity contribution in [2.45, 2.75) is 57.1 Å². The number of rotatable bonds is 12. The van der Waals surface area contributed by atoms with Crippen LogP contribution in [-0.4, -0.2) is 57.5 Å². The lowest BCUT2D eigenvalue weighted by Crippen LogP contribution is -2.55. The second-order valence-electron chi connectivity index (χ2n) is 10.6. The molecule has 0 saturated heterocycles. The summed E-state index contributed by atoms with van der Waals surface area (Å²) in [6.07, 6.45) is 0.292. The molecule has 0 aliphatic rings. The van der Waals surface area contributed by atoms with Crippen LogP contribution in [0.15, 0.2) is 77.7 Å². The van der Waals surface area contributed by atoms with Gasteiger partial charge in [-0.3, -0.25) is 13.9 Å². The van der Waals surface area contributed by atoms with Gasteiger partial charge >= 0.3 is 0 Å². The monoisotopic (exact) mass is 615 g/mol. The van der Waals surface area contributed by atoms with E-state index in [1.807, 2.05) is 20.8 Å². The standard InChI is InChI=1S/C31H38ClN3O6S/c1-7-26(30(37)33-31(2,3)4)34(20-22-13-11-12-16-25(22)32)29(36)21-35(42(38,39)24-14-9-8-10-15-24)23-17-18-27(40-5)28(19-23)41-6/h8-19,26H,7,20-21H2,1-6H3,(H,33,37). The van der Waals surface area contributed by atoms with E-state index in [-0.39, 0.29) is 23.0 Å². The Morgan fingerprint density at radius 2 is 1.55 bits per heavy atom. The second-order valence-corrected chi connectivity index (χ2v) is 12.9. The van der Waals surface area contributed by atoms with Gasteiger partial charge in [-0.2, -0.15) is 0 Å². The summed E-state index contributed by atoms with van der Waals surface area (Å²) in [5.74, 6) is -0.247. The normalized spacial score (nSPS) is 12.3. The molecule has 0 saturated carbocycles. The van der Waals surface area contributed by atoms with Crippen LogP contribution in [0.1, 0.15) is 39.7 Å². The van der Waals surface area contributed by atoms with Gasteiger partial charge in [0.2, 0.25) is 11.8 Å². The molecule has 226 valence electrons. The molecular formula is C31H38ClN3O6S. The van der Waals surface area contributed by atoms with E-state index in [2.05, 4.69) is 5.32 Å². The van der Waals surface area contributed by atoms with E-state index in [4.69, 9.17) is 21.1 Å². The smallest absolute Gasteiger partial charge is 0.264 e. The Kier molecular flexibility index (Phi) is 10.9. The highest BCUT2D eigenvalue weighted by atomic mass is 35.5. The Hall–Kier alpha value is -3.76. The van der Waals surface area contributed by atoms with Gasteiger partial charge in [0.05, 0.1) is 24.8 Å². The molecule has 0 aromatic heterocycles. The molecular weight excluding hydrogens is 578 g/mol. The SMILES string of the molecule is CCC(C(=O)NC(C)(C)C)N(Cc1ccccc1Cl)C(=O)CN(c1ccc(OC)c(OC)c1)S(=O)(=O)c1ccccc1. The number of methoxy groups -OCH3 is 2. The van der Waals surface area contributed by atoms with Crippen LogP contribution >= 0.6 is 11.6 Å². The average molecular weight is 616 g/mol. The summed E-state index contributed by atoms with van der Waals surface area (Å²) in [4.78, 5) is 29.0. The number of hydrogen-bond donors (Lipinski definition) is 1. The first-order valence-electron chi connectivity index (χ1n) is 13.5. The fourth-order valence-corrected chi connectivity index (χ4v) is 6.03. The number of benzene rings is 3. The van der Waals surface area contributed by atoms with Crippen LogP contribution in [0.3, 0.4) is 0 Å². The van der Waals surface area contributed by atoms with Gasteiger partial charge in [-0.1, -0.05) is 54.9 Å². The van der Waals surface area contributed by atoms with Crippen molar-refractivity contribution < 1.29 is 27.5 Å². The van der Waals surface area contributed by atoms with Crippen LogP contribution in [0, 0.1) is 0 Å². The Balaban J connectivity index is 2.13. The highest BCUT2D eigenvalue weighted by molar-refractivity contribution is 7.92. The highest BCUT2D eigenvalue weighted by Gasteiger charge is 2.35. The molecule has 42 heavy (non-hydrogen) atoms. The van der Waals surface area contributed by atoms with E-state index >= 15 is 0 Å². The number of hydrogen-bond acceptors (Lipinski definition) is 6. The summed E-state index contributed by atoms with van der Waals surface area (Å²) in [7, 11) is -1.32. The minimum Gasteiger partial charge on any atom is -0.493 e. The maximum atomic E-state index is 14.2. The summed E-state index contributed by atoms with van der Waals surface area (Å²) in [6, 6.07) is 18.6. The van der Waals surface area contributed by atoms with E-state index in [0.29, 0.717) is 28.5 Å². The van der Waals surface area contributed by atoms with Gasteiger partial charge in [0.25, 0.3) is 10.0 Å². The van der Waals surface area contributed by atoms with Crippen molar-refractivity contribution in [3.63, 3.8) is 0 Å². The third kappa shape index (κ3) is 7.95. The minimum absolute atomic E-state index is 0.000263. The molecule has 0 radical (unpaired) electrons. The number of amides is 2. The van der Waals surface area contributed by atoms with E-state index < -0.39 is 34.1 Å². The molecule has 0 aliphatic carbocycles. The van der Waals surface area contributed by atoms with Crippen molar-refractivity contribution in [1.82, 2.24) is 10.2 Å². The second kappa shape index (κ2) is 13.9. The molecule has 3 rings (SSSR count). The molecule has 3 aromatic rings. The van der Waals surface area contributed by atoms with Crippen molar-refractivity contribution in [3.8, 4) is 11.5 Å². The van der Waals surface area contributed by atoms with E-state index in [1.165, 1.54) is 43.4 Å². The Bertz CT molecular complexity index is 1490. The van der Waals surface area contributed by atoms with Crippen molar-refractivity contribution in [2.24, 2.45) is 0 Å². The molecule has 0 aliphatic heterocycles. The van der Waals surface area contributed by atoms with Gasteiger partial charge in [-0.05, 0) is 63.1 Å². The van der Waals surface area contributed by atoms with Gasteiger partial charge in [0, 0.05) is 23.2 Å². The van der Waals surface area contributed by atoms with Crippen LogP contribution < -0.4 is 19.1 Å². The third-order valence-electron chi connectivity index (χ3n) is 6.45. The first kappa shape index (κ1) is 32.8. The number of sulfonamides is 1. The lowest BCUT2D eigenvalue weighted by atomic mass is 10.1.